The maximum absolute atomic E-state index is 6.48. The largest absolute Gasteiger partial charge is 0.481 e. The van der Waals surface area contributed by atoms with Crippen LogP contribution in [0.3, 0.4) is 0 Å². The fourth-order valence-electron chi connectivity index (χ4n) is 3.18. The van der Waals surface area contributed by atoms with E-state index in [2.05, 4.69) is 26.0 Å². The molecule has 0 radical (unpaired) electrons. The Bertz CT molecular complexity index is 1110. The number of nitrogens with one attached hydrogen (secondary N) is 1. The fraction of sp³-hybridized carbons (Fsp3) is 0.190. The van der Waals surface area contributed by atoms with Crippen molar-refractivity contribution in [3.8, 4) is 5.88 Å². The van der Waals surface area contributed by atoms with Crippen LogP contribution in [-0.4, -0.2) is 27.0 Å². The van der Waals surface area contributed by atoms with Gasteiger partial charge in [0.05, 0.1) is 7.11 Å². The first-order chi connectivity index (χ1) is 13.1. The Labute approximate surface area is 162 Å². The maximum Gasteiger partial charge on any atom is 0.216 e. The topological polar surface area (TPSA) is 63.7 Å². The summed E-state index contributed by atoms with van der Waals surface area (Å²) in [7, 11) is 1.62. The number of hydrogen-bond acceptors (Lipinski definition) is 4. The van der Waals surface area contributed by atoms with E-state index in [4.69, 9.17) is 16.3 Å². The normalized spacial score (nSPS) is 11.1. The van der Waals surface area contributed by atoms with E-state index in [0.29, 0.717) is 23.9 Å². The molecule has 4 aromatic rings. The number of hydrogen-bond donors (Lipinski definition) is 1. The first-order valence-electron chi connectivity index (χ1n) is 8.69. The van der Waals surface area contributed by atoms with Crippen LogP contribution in [0.4, 0.5) is 0 Å². The molecule has 0 bridgehead atoms. The third-order valence-corrected chi connectivity index (χ3v) is 4.86. The molecular weight excluding hydrogens is 360 g/mol. The summed E-state index contributed by atoms with van der Waals surface area (Å²) in [6, 6.07) is 10.1. The minimum absolute atomic E-state index is 0.519. The van der Waals surface area contributed by atoms with Crippen LogP contribution >= 0.6 is 11.6 Å². The highest BCUT2D eigenvalue weighted by Crippen LogP contribution is 2.25. The SMILES string of the molecule is COc1ncccc1Cc1ccc(Cc2c[nH]c3ncc(C)cc23)c(Cl)n1. The van der Waals surface area contributed by atoms with Crippen molar-refractivity contribution in [1.29, 1.82) is 0 Å². The Kier molecular flexibility index (Phi) is 4.77. The van der Waals surface area contributed by atoms with Gasteiger partial charge in [-0.25, -0.2) is 15.0 Å². The number of aromatic nitrogens is 4. The molecule has 0 unspecified atom stereocenters. The molecule has 5 nitrogen and oxygen atoms in total. The van der Waals surface area contributed by atoms with Crippen molar-refractivity contribution in [3.63, 3.8) is 0 Å². The van der Waals surface area contributed by atoms with E-state index in [1.165, 1.54) is 0 Å². The molecule has 0 aliphatic heterocycles. The van der Waals surface area contributed by atoms with Crippen molar-refractivity contribution < 1.29 is 4.74 Å². The molecule has 136 valence electrons. The molecule has 0 saturated heterocycles. The number of halogens is 1. The Morgan fingerprint density at radius 3 is 2.78 bits per heavy atom. The third-order valence-electron chi connectivity index (χ3n) is 4.53. The lowest BCUT2D eigenvalue weighted by molar-refractivity contribution is 0.393. The van der Waals surface area contributed by atoms with Crippen molar-refractivity contribution in [1.82, 2.24) is 19.9 Å². The average molecular weight is 379 g/mol. The van der Waals surface area contributed by atoms with Crippen LogP contribution in [0.2, 0.25) is 5.15 Å². The summed E-state index contributed by atoms with van der Waals surface area (Å²) in [4.78, 5) is 16.4. The zero-order valence-electron chi connectivity index (χ0n) is 15.2. The molecule has 0 aromatic carbocycles. The summed E-state index contributed by atoms with van der Waals surface area (Å²) in [5, 5.41) is 1.64. The number of pyridine rings is 3. The van der Waals surface area contributed by atoms with E-state index < -0.39 is 0 Å². The van der Waals surface area contributed by atoms with E-state index in [1.54, 1.807) is 13.3 Å². The monoisotopic (exact) mass is 378 g/mol. The Morgan fingerprint density at radius 1 is 1.07 bits per heavy atom. The van der Waals surface area contributed by atoms with Crippen molar-refractivity contribution >= 4 is 22.6 Å². The van der Waals surface area contributed by atoms with Gasteiger partial charge in [-0.3, -0.25) is 0 Å². The predicted molar refractivity (Wildman–Crippen MR) is 106 cm³/mol. The predicted octanol–water partition coefficient (Wildman–Crippen LogP) is 4.50. The quantitative estimate of drug-likeness (QED) is 0.519. The number of fused-ring (bicyclic) bond motifs is 1. The van der Waals surface area contributed by atoms with Crippen LogP contribution < -0.4 is 4.74 Å². The molecule has 0 spiro atoms. The van der Waals surface area contributed by atoms with Gasteiger partial charge in [0.15, 0.2) is 0 Å². The molecule has 27 heavy (non-hydrogen) atoms. The lowest BCUT2D eigenvalue weighted by Gasteiger charge is -2.09. The number of nitrogens with zero attached hydrogens (tertiary/aromatic N) is 3. The molecular formula is C21H19ClN4O. The first-order valence-corrected chi connectivity index (χ1v) is 9.06. The van der Waals surface area contributed by atoms with E-state index >= 15 is 0 Å². The molecule has 0 fully saturated rings. The number of H-pyrrole nitrogens is 1. The van der Waals surface area contributed by atoms with Gasteiger partial charge < -0.3 is 9.72 Å². The molecule has 6 heteroatoms. The van der Waals surface area contributed by atoms with Gasteiger partial charge in [-0.05, 0) is 41.8 Å². The van der Waals surface area contributed by atoms with Crippen molar-refractivity contribution in [2.24, 2.45) is 0 Å². The van der Waals surface area contributed by atoms with E-state index in [0.717, 1.165) is 39.0 Å². The fourth-order valence-corrected chi connectivity index (χ4v) is 3.42. The lowest BCUT2D eigenvalue weighted by Crippen LogP contribution is -1.99. The molecule has 4 rings (SSSR count). The maximum atomic E-state index is 6.48. The number of rotatable bonds is 5. The summed E-state index contributed by atoms with van der Waals surface area (Å²) in [6.45, 7) is 2.04. The average Bonchev–Trinajstić information content (AvgIpc) is 3.06. The van der Waals surface area contributed by atoms with Crippen molar-refractivity contribution in [2.45, 2.75) is 19.8 Å². The molecule has 0 aliphatic rings. The van der Waals surface area contributed by atoms with Crippen molar-refractivity contribution in [2.75, 3.05) is 7.11 Å². The van der Waals surface area contributed by atoms with Crippen LogP contribution in [0.1, 0.15) is 27.9 Å². The second-order valence-electron chi connectivity index (χ2n) is 6.50. The van der Waals surface area contributed by atoms with Crippen molar-refractivity contribution in [3.05, 3.63) is 82.0 Å². The molecule has 0 saturated carbocycles. The molecule has 0 aliphatic carbocycles. The van der Waals surface area contributed by atoms with Gasteiger partial charge in [-0.15, -0.1) is 0 Å². The molecule has 0 atom stereocenters. The zero-order chi connectivity index (χ0) is 18.8. The summed E-state index contributed by atoms with van der Waals surface area (Å²) in [5.74, 6) is 0.612. The van der Waals surface area contributed by atoms with Gasteiger partial charge in [0, 0.05) is 48.1 Å². The first kappa shape index (κ1) is 17.5. The molecule has 0 amide bonds. The Hall–Kier alpha value is -2.92. The zero-order valence-corrected chi connectivity index (χ0v) is 15.9. The standard InChI is InChI=1S/C21H19ClN4O/c1-13-8-18-16(12-25-20(18)24-11-13)9-14-5-6-17(26-19(14)22)10-15-4-3-7-23-21(15)27-2/h3-8,11-12H,9-10H2,1-2H3,(H,24,25). The highest BCUT2D eigenvalue weighted by molar-refractivity contribution is 6.30. The summed E-state index contributed by atoms with van der Waals surface area (Å²) < 4.78 is 5.31. The van der Waals surface area contributed by atoms with Gasteiger partial charge in [-0.2, -0.15) is 0 Å². The van der Waals surface area contributed by atoms with Gasteiger partial charge in [0.2, 0.25) is 5.88 Å². The Morgan fingerprint density at radius 2 is 1.96 bits per heavy atom. The van der Waals surface area contributed by atoms with Crippen LogP contribution in [0.25, 0.3) is 11.0 Å². The van der Waals surface area contributed by atoms with Gasteiger partial charge in [-0.1, -0.05) is 23.7 Å². The molecule has 1 N–H and O–H groups in total. The summed E-state index contributed by atoms with van der Waals surface area (Å²) >= 11 is 6.48. The summed E-state index contributed by atoms with van der Waals surface area (Å²) in [6.07, 6.45) is 6.88. The second kappa shape index (κ2) is 7.37. The van der Waals surface area contributed by atoms with E-state index in [1.807, 2.05) is 43.6 Å². The number of aryl methyl sites for hydroxylation is 1. The van der Waals surface area contributed by atoms with Crippen LogP contribution in [-0.2, 0) is 12.8 Å². The van der Waals surface area contributed by atoms with Gasteiger partial charge in [0.25, 0.3) is 0 Å². The highest BCUT2D eigenvalue weighted by Gasteiger charge is 2.11. The number of methoxy groups -OCH3 is 1. The van der Waals surface area contributed by atoms with Crippen LogP contribution in [0.15, 0.2) is 48.9 Å². The van der Waals surface area contributed by atoms with Crippen LogP contribution in [0, 0.1) is 6.92 Å². The smallest absolute Gasteiger partial charge is 0.216 e. The summed E-state index contributed by atoms with van der Waals surface area (Å²) in [5.41, 5.74) is 6.03. The number of ether oxygens (including phenoxy) is 1. The minimum Gasteiger partial charge on any atom is -0.481 e. The van der Waals surface area contributed by atoms with Gasteiger partial charge >= 0.3 is 0 Å². The van der Waals surface area contributed by atoms with Crippen LogP contribution in [0.5, 0.6) is 5.88 Å². The number of aromatic amines is 1. The van der Waals surface area contributed by atoms with Gasteiger partial charge in [0.1, 0.15) is 10.8 Å². The third kappa shape index (κ3) is 3.64. The van der Waals surface area contributed by atoms with E-state index in [9.17, 15) is 0 Å². The second-order valence-corrected chi connectivity index (χ2v) is 6.86. The molecule has 4 aromatic heterocycles. The Balaban J connectivity index is 1.59. The highest BCUT2D eigenvalue weighted by atomic mass is 35.5. The lowest BCUT2D eigenvalue weighted by atomic mass is 10.0. The minimum atomic E-state index is 0.519. The van der Waals surface area contributed by atoms with E-state index in [-0.39, 0.29) is 0 Å². The molecule has 4 heterocycles.